The summed E-state index contributed by atoms with van der Waals surface area (Å²) < 4.78 is 25.4. The summed E-state index contributed by atoms with van der Waals surface area (Å²) in [7, 11) is -2.32. The molecule has 3 aromatic rings. The standard InChI is InChI=1S/C22H24N2O3S/c1-4-16-10-12-17(13-11-16)21(25)19-14-15-20(24(19)3)22(2,28(23,26)27)18-8-6-5-7-9-18/h5-15H,4H2,1-3H3,(H2,23,26,27). The molecule has 0 saturated heterocycles. The number of carbonyl (C=O) groups excluding carboxylic acids is 1. The van der Waals surface area contributed by atoms with Gasteiger partial charge < -0.3 is 4.57 Å². The summed E-state index contributed by atoms with van der Waals surface area (Å²) in [6.45, 7) is 3.62. The minimum absolute atomic E-state index is 0.166. The van der Waals surface area contributed by atoms with Gasteiger partial charge in [0.05, 0.1) is 5.69 Å². The molecule has 1 heterocycles. The van der Waals surface area contributed by atoms with Gasteiger partial charge in [-0.05, 0) is 36.6 Å². The van der Waals surface area contributed by atoms with Crippen LogP contribution in [0.2, 0.25) is 0 Å². The van der Waals surface area contributed by atoms with Crippen LogP contribution >= 0.6 is 0 Å². The van der Waals surface area contributed by atoms with Crippen molar-refractivity contribution in [1.29, 1.82) is 0 Å². The third-order valence-corrected chi connectivity index (χ3v) is 6.94. The molecule has 0 radical (unpaired) electrons. The summed E-state index contributed by atoms with van der Waals surface area (Å²) >= 11 is 0. The van der Waals surface area contributed by atoms with Gasteiger partial charge in [0.15, 0.2) is 0 Å². The van der Waals surface area contributed by atoms with Gasteiger partial charge in [0.1, 0.15) is 4.75 Å². The Morgan fingerprint density at radius 3 is 2.14 bits per heavy atom. The molecule has 2 N–H and O–H groups in total. The van der Waals surface area contributed by atoms with Gasteiger partial charge in [-0.3, -0.25) is 4.79 Å². The Balaban J connectivity index is 2.11. The Hall–Kier alpha value is -2.70. The van der Waals surface area contributed by atoms with Crippen molar-refractivity contribution in [3.63, 3.8) is 0 Å². The Bertz CT molecular complexity index is 1100. The van der Waals surface area contributed by atoms with Gasteiger partial charge in [0, 0.05) is 18.3 Å². The molecule has 0 aliphatic rings. The van der Waals surface area contributed by atoms with Crippen LogP contribution < -0.4 is 5.14 Å². The highest BCUT2D eigenvalue weighted by Crippen LogP contribution is 2.36. The molecule has 2 aromatic carbocycles. The van der Waals surface area contributed by atoms with Crippen LogP contribution in [0.15, 0.2) is 66.7 Å². The molecular formula is C22H24N2O3S. The molecular weight excluding hydrogens is 372 g/mol. The lowest BCUT2D eigenvalue weighted by Crippen LogP contribution is -2.40. The van der Waals surface area contributed by atoms with Crippen LogP contribution in [0.5, 0.6) is 0 Å². The maximum Gasteiger partial charge on any atom is 0.224 e. The van der Waals surface area contributed by atoms with Crippen LogP contribution in [0.4, 0.5) is 0 Å². The number of ketones is 1. The predicted octanol–water partition coefficient (Wildman–Crippen LogP) is 3.37. The van der Waals surface area contributed by atoms with Gasteiger partial charge in [-0.25, -0.2) is 13.6 Å². The van der Waals surface area contributed by atoms with Gasteiger partial charge in [-0.15, -0.1) is 0 Å². The molecule has 1 atom stereocenters. The summed E-state index contributed by atoms with van der Waals surface area (Å²) in [5.41, 5.74) is 3.10. The molecule has 0 aliphatic carbocycles. The highest BCUT2D eigenvalue weighted by atomic mass is 32.2. The third kappa shape index (κ3) is 3.30. The van der Waals surface area contributed by atoms with Crippen molar-refractivity contribution in [1.82, 2.24) is 4.57 Å². The second kappa shape index (κ2) is 7.37. The smallest absolute Gasteiger partial charge is 0.224 e. The first-order chi connectivity index (χ1) is 13.2. The lowest BCUT2D eigenvalue weighted by atomic mass is 9.96. The third-order valence-electron chi connectivity index (χ3n) is 5.36. The van der Waals surface area contributed by atoms with E-state index in [1.165, 1.54) is 0 Å². The first-order valence-electron chi connectivity index (χ1n) is 9.08. The van der Waals surface area contributed by atoms with E-state index >= 15 is 0 Å². The summed E-state index contributed by atoms with van der Waals surface area (Å²) in [6.07, 6.45) is 0.895. The summed E-state index contributed by atoms with van der Waals surface area (Å²) in [6, 6.07) is 19.5. The maximum atomic E-state index is 13.0. The number of hydrogen-bond acceptors (Lipinski definition) is 3. The number of sulfonamides is 1. The Morgan fingerprint density at radius 2 is 1.61 bits per heavy atom. The maximum absolute atomic E-state index is 13.0. The number of hydrogen-bond donors (Lipinski definition) is 1. The zero-order valence-corrected chi connectivity index (χ0v) is 17.0. The summed E-state index contributed by atoms with van der Waals surface area (Å²) in [5, 5.41) is 5.65. The molecule has 28 heavy (non-hydrogen) atoms. The van der Waals surface area contributed by atoms with E-state index in [9.17, 15) is 13.2 Å². The van der Waals surface area contributed by atoms with E-state index in [1.54, 1.807) is 67.1 Å². The van der Waals surface area contributed by atoms with Crippen LogP contribution in [0.3, 0.4) is 0 Å². The highest BCUT2D eigenvalue weighted by Gasteiger charge is 2.43. The molecule has 146 valence electrons. The zero-order chi connectivity index (χ0) is 20.5. The van der Waals surface area contributed by atoms with E-state index in [-0.39, 0.29) is 5.78 Å². The number of carbonyl (C=O) groups is 1. The van der Waals surface area contributed by atoms with Gasteiger partial charge in [0.25, 0.3) is 0 Å². The van der Waals surface area contributed by atoms with Gasteiger partial charge in [-0.1, -0.05) is 61.5 Å². The van der Waals surface area contributed by atoms with E-state index in [2.05, 4.69) is 6.92 Å². The van der Waals surface area contributed by atoms with Gasteiger partial charge >= 0.3 is 0 Å². The van der Waals surface area contributed by atoms with Crippen molar-refractivity contribution in [3.05, 3.63) is 94.8 Å². The molecule has 0 spiro atoms. The first-order valence-corrected chi connectivity index (χ1v) is 10.6. The molecule has 1 unspecified atom stereocenters. The number of primary sulfonamides is 1. The number of aromatic nitrogens is 1. The second-order valence-corrected chi connectivity index (χ2v) is 8.89. The fourth-order valence-corrected chi connectivity index (χ4v) is 4.43. The van der Waals surface area contributed by atoms with Crippen molar-refractivity contribution >= 4 is 15.8 Å². The van der Waals surface area contributed by atoms with Crippen LogP contribution in [0.25, 0.3) is 0 Å². The average Bonchev–Trinajstić information content (AvgIpc) is 3.08. The van der Waals surface area contributed by atoms with E-state index < -0.39 is 14.8 Å². The number of aryl methyl sites for hydroxylation is 1. The molecule has 0 aliphatic heterocycles. The second-order valence-electron chi connectivity index (χ2n) is 6.99. The lowest BCUT2D eigenvalue weighted by Gasteiger charge is -2.29. The Labute approximate surface area is 165 Å². The SMILES string of the molecule is CCc1ccc(C(=O)c2ccc(C(C)(c3ccccc3)S(N)(=O)=O)n2C)cc1. The molecule has 3 rings (SSSR count). The Kier molecular flexibility index (Phi) is 5.28. The normalized spacial score (nSPS) is 13.9. The van der Waals surface area contributed by atoms with Crippen molar-refractivity contribution in [3.8, 4) is 0 Å². The van der Waals surface area contributed by atoms with Crippen molar-refractivity contribution in [2.45, 2.75) is 25.0 Å². The molecule has 6 heteroatoms. The van der Waals surface area contributed by atoms with E-state index in [0.29, 0.717) is 22.5 Å². The summed E-state index contributed by atoms with van der Waals surface area (Å²) in [4.78, 5) is 13.0. The highest BCUT2D eigenvalue weighted by molar-refractivity contribution is 7.90. The number of rotatable bonds is 6. The number of nitrogens with two attached hydrogens (primary N) is 1. The van der Waals surface area contributed by atoms with Crippen LogP contribution in [-0.4, -0.2) is 18.8 Å². The Morgan fingerprint density at radius 1 is 1.00 bits per heavy atom. The molecule has 1 aromatic heterocycles. The monoisotopic (exact) mass is 396 g/mol. The fourth-order valence-electron chi connectivity index (χ4n) is 3.47. The van der Waals surface area contributed by atoms with E-state index in [0.717, 1.165) is 12.0 Å². The zero-order valence-electron chi connectivity index (χ0n) is 16.2. The summed E-state index contributed by atoms with van der Waals surface area (Å²) in [5.74, 6) is -0.166. The van der Waals surface area contributed by atoms with Crippen LogP contribution in [0.1, 0.15) is 46.7 Å². The first kappa shape index (κ1) is 20.0. The van der Waals surface area contributed by atoms with Gasteiger partial charge in [-0.2, -0.15) is 0 Å². The van der Waals surface area contributed by atoms with Crippen molar-refractivity contribution < 1.29 is 13.2 Å². The van der Waals surface area contributed by atoms with Crippen molar-refractivity contribution in [2.75, 3.05) is 0 Å². The van der Waals surface area contributed by atoms with Gasteiger partial charge in [0.2, 0.25) is 15.8 Å². The molecule has 0 amide bonds. The van der Waals surface area contributed by atoms with Crippen LogP contribution in [0, 0.1) is 0 Å². The number of benzene rings is 2. The van der Waals surface area contributed by atoms with Crippen molar-refractivity contribution in [2.24, 2.45) is 12.2 Å². The molecule has 0 bridgehead atoms. The largest absolute Gasteiger partial charge is 0.343 e. The molecule has 0 saturated carbocycles. The lowest BCUT2D eigenvalue weighted by molar-refractivity contribution is 0.103. The average molecular weight is 397 g/mol. The van der Waals surface area contributed by atoms with E-state index in [1.807, 2.05) is 18.2 Å². The van der Waals surface area contributed by atoms with E-state index in [4.69, 9.17) is 5.14 Å². The quantitative estimate of drug-likeness (QED) is 0.649. The molecule has 5 nitrogen and oxygen atoms in total. The minimum Gasteiger partial charge on any atom is -0.343 e. The van der Waals surface area contributed by atoms with Crippen LogP contribution in [-0.2, 0) is 28.2 Å². The fraction of sp³-hybridized carbons (Fsp3) is 0.227. The topological polar surface area (TPSA) is 82.2 Å². The minimum atomic E-state index is -4.01. The predicted molar refractivity (Wildman–Crippen MR) is 111 cm³/mol. The molecule has 0 fully saturated rings. The number of nitrogens with zero attached hydrogens (tertiary/aromatic N) is 1.